The number of anilines is 4. The van der Waals surface area contributed by atoms with Gasteiger partial charge in [-0.15, -0.1) is 0 Å². The maximum absolute atomic E-state index is 13.1. The summed E-state index contributed by atoms with van der Waals surface area (Å²) in [4.78, 5) is 40.2. The molecule has 0 bridgehead atoms. The van der Waals surface area contributed by atoms with Crippen LogP contribution in [0, 0.1) is 0 Å². The highest BCUT2D eigenvalue weighted by Crippen LogP contribution is 2.34. The van der Waals surface area contributed by atoms with Gasteiger partial charge in [-0.25, -0.2) is 19.6 Å². The van der Waals surface area contributed by atoms with Gasteiger partial charge in [0.15, 0.2) is 5.65 Å². The van der Waals surface area contributed by atoms with Crippen LogP contribution in [0.15, 0.2) is 73.2 Å². The van der Waals surface area contributed by atoms with E-state index in [1.54, 1.807) is 36.4 Å². The maximum atomic E-state index is 13.1. The number of benzene rings is 2. The van der Waals surface area contributed by atoms with Crippen LogP contribution in [0.25, 0.3) is 22.3 Å². The number of nitrogens with two attached hydrogens (primary N) is 2. The number of carbonyl (C=O) groups excluding carboxylic acids is 2. The van der Waals surface area contributed by atoms with Gasteiger partial charge in [-0.05, 0) is 75.2 Å². The first kappa shape index (κ1) is 33.3. The van der Waals surface area contributed by atoms with Gasteiger partial charge in [0.25, 0.3) is 5.91 Å². The van der Waals surface area contributed by atoms with E-state index in [2.05, 4.69) is 30.5 Å². The molecule has 0 spiro atoms. The number of nitrogen functional groups attached to an aromatic ring is 2. The van der Waals surface area contributed by atoms with E-state index in [0.717, 1.165) is 63.6 Å². The van der Waals surface area contributed by atoms with E-state index < -0.39 is 17.6 Å². The topological polar surface area (TPSA) is 170 Å². The SMILES string of the molecule is Nc1ccccc1NC(=O)CCCCN1CCCC(n2nc(-c3ccc(C(=O)Nc4cc(C(F)(F)F)ccn4)cc3)c3c(N)ncnc32)C1. The van der Waals surface area contributed by atoms with Crippen molar-refractivity contribution in [2.75, 3.05) is 41.7 Å². The van der Waals surface area contributed by atoms with Crippen molar-refractivity contribution in [1.82, 2.24) is 29.6 Å². The lowest BCUT2D eigenvalue weighted by Crippen LogP contribution is -2.37. The second kappa shape index (κ2) is 14.3. The lowest BCUT2D eigenvalue weighted by molar-refractivity contribution is -0.137. The summed E-state index contributed by atoms with van der Waals surface area (Å²) >= 11 is 0. The average Bonchev–Trinajstić information content (AvgIpc) is 3.49. The lowest BCUT2D eigenvalue weighted by atomic mass is 10.0. The largest absolute Gasteiger partial charge is 0.416 e. The summed E-state index contributed by atoms with van der Waals surface area (Å²) in [6, 6.07) is 15.3. The van der Waals surface area contributed by atoms with E-state index in [1.165, 1.54) is 6.33 Å². The zero-order valence-electron chi connectivity index (χ0n) is 26.5. The summed E-state index contributed by atoms with van der Waals surface area (Å²) in [6.45, 7) is 2.52. The third-order valence-corrected chi connectivity index (χ3v) is 8.46. The smallest absolute Gasteiger partial charge is 0.397 e. The number of nitrogens with one attached hydrogen (secondary N) is 2. The molecular formula is C34H35F3N10O2. The quantitative estimate of drug-likeness (QED) is 0.106. The van der Waals surface area contributed by atoms with Crippen molar-refractivity contribution >= 4 is 45.9 Å². The van der Waals surface area contributed by atoms with Crippen molar-refractivity contribution in [3.8, 4) is 11.3 Å². The van der Waals surface area contributed by atoms with Gasteiger partial charge >= 0.3 is 6.18 Å². The van der Waals surface area contributed by atoms with Gasteiger partial charge in [-0.3, -0.25) is 9.59 Å². The fraction of sp³-hybridized carbons (Fsp3) is 0.294. The molecule has 2 amide bonds. The molecule has 6 N–H and O–H groups in total. The summed E-state index contributed by atoms with van der Waals surface area (Å²) in [6.07, 6.45) is 1.68. The van der Waals surface area contributed by atoms with Gasteiger partial charge < -0.3 is 27.0 Å². The number of rotatable bonds is 10. The first-order valence-electron chi connectivity index (χ1n) is 15.9. The Kier molecular flexibility index (Phi) is 9.71. The Hall–Kier alpha value is -5.57. The Morgan fingerprint density at radius 1 is 0.959 bits per heavy atom. The van der Waals surface area contributed by atoms with Crippen molar-refractivity contribution < 1.29 is 22.8 Å². The molecule has 4 heterocycles. The number of pyridine rings is 1. The van der Waals surface area contributed by atoms with Crippen LogP contribution in [-0.2, 0) is 11.0 Å². The number of amides is 2. The predicted molar refractivity (Wildman–Crippen MR) is 180 cm³/mol. The summed E-state index contributed by atoms with van der Waals surface area (Å²) in [5.74, 6) is -0.616. The van der Waals surface area contributed by atoms with Crippen molar-refractivity contribution in [3.05, 3.63) is 84.3 Å². The van der Waals surface area contributed by atoms with E-state index >= 15 is 0 Å². The number of likely N-dealkylation sites (tertiary alicyclic amines) is 1. The minimum absolute atomic E-state index is 0.0219. The highest BCUT2D eigenvalue weighted by molar-refractivity contribution is 6.04. The van der Waals surface area contributed by atoms with Gasteiger partial charge in [0.2, 0.25) is 5.91 Å². The predicted octanol–water partition coefficient (Wildman–Crippen LogP) is 5.77. The average molecular weight is 673 g/mol. The molecule has 2 aromatic carbocycles. The van der Waals surface area contributed by atoms with E-state index in [4.69, 9.17) is 16.6 Å². The van der Waals surface area contributed by atoms with Crippen LogP contribution in [0.4, 0.5) is 36.2 Å². The second-order valence-corrected chi connectivity index (χ2v) is 11.9. The number of para-hydroxylation sites is 2. The molecule has 5 aromatic rings. The monoisotopic (exact) mass is 672 g/mol. The molecule has 1 aliphatic rings. The minimum atomic E-state index is -4.56. The summed E-state index contributed by atoms with van der Waals surface area (Å²) in [5, 5.41) is 10.8. The van der Waals surface area contributed by atoms with Crippen molar-refractivity contribution in [1.29, 1.82) is 0 Å². The molecular weight excluding hydrogens is 637 g/mol. The molecule has 12 nitrogen and oxygen atoms in total. The fourth-order valence-corrected chi connectivity index (χ4v) is 5.97. The standard InChI is InChI=1S/C34H35F3N10O2/c35-34(36,37)23-14-15-40-27(18-23)44-33(49)22-12-10-21(11-13-22)30-29-31(39)41-20-42-32(29)47(45-30)24-6-5-17-46(19-24)16-4-3-9-28(48)43-26-8-2-1-7-25(26)38/h1-2,7-8,10-15,18,20,24H,3-6,9,16-17,19,38H2,(H,43,48)(H2,39,41,42)(H,40,44,49). The molecule has 0 radical (unpaired) electrons. The highest BCUT2D eigenvalue weighted by Gasteiger charge is 2.31. The van der Waals surface area contributed by atoms with Gasteiger partial charge in [0.05, 0.1) is 28.4 Å². The van der Waals surface area contributed by atoms with Crippen LogP contribution in [0.5, 0.6) is 0 Å². The van der Waals surface area contributed by atoms with E-state index in [0.29, 0.717) is 40.1 Å². The van der Waals surface area contributed by atoms with Crippen LogP contribution < -0.4 is 22.1 Å². The summed E-state index contributed by atoms with van der Waals surface area (Å²) < 4.78 is 41.1. The first-order valence-corrected chi connectivity index (χ1v) is 15.9. The molecule has 0 aliphatic carbocycles. The van der Waals surface area contributed by atoms with E-state index in [-0.39, 0.29) is 29.1 Å². The zero-order valence-corrected chi connectivity index (χ0v) is 26.5. The number of aromatic nitrogens is 5. The molecule has 1 atom stereocenters. The number of nitrogens with zero attached hydrogens (tertiary/aromatic N) is 6. The number of carbonyl (C=O) groups is 2. The van der Waals surface area contributed by atoms with E-state index in [1.807, 2.05) is 16.8 Å². The molecule has 15 heteroatoms. The Balaban J connectivity index is 1.11. The normalized spacial score (nSPS) is 15.3. The lowest BCUT2D eigenvalue weighted by Gasteiger charge is -2.32. The Morgan fingerprint density at radius 2 is 1.76 bits per heavy atom. The van der Waals surface area contributed by atoms with Crippen LogP contribution >= 0.6 is 0 Å². The number of alkyl halides is 3. The number of halogens is 3. The maximum Gasteiger partial charge on any atom is 0.416 e. The van der Waals surface area contributed by atoms with Crippen molar-refractivity contribution in [2.45, 2.75) is 44.3 Å². The molecule has 1 aliphatic heterocycles. The van der Waals surface area contributed by atoms with Gasteiger partial charge in [0.1, 0.15) is 23.7 Å². The number of piperidine rings is 1. The molecule has 1 unspecified atom stereocenters. The second-order valence-electron chi connectivity index (χ2n) is 11.9. The third-order valence-electron chi connectivity index (χ3n) is 8.46. The van der Waals surface area contributed by atoms with Crippen LogP contribution in [-0.4, -0.2) is 61.1 Å². The number of fused-ring (bicyclic) bond motifs is 1. The van der Waals surface area contributed by atoms with Crippen molar-refractivity contribution in [3.63, 3.8) is 0 Å². The van der Waals surface area contributed by atoms with Gasteiger partial charge in [-0.1, -0.05) is 24.3 Å². The minimum Gasteiger partial charge on any atom is -0.397 e. The fourth-order valence-electron chi connectivity index (χ4n) is 5.97. The number of hydrogen-bond donors (Lipinski definition) is 4. The Morgan fingerprint density at radius 3 is 2.53 bits per heavy atom. The van der Waals surface area contributed by atoms with Gasteiger partial charge in [-0.2, -0.15) is 18.3 Å². The molecule has 49 heavy (non-hydrogen) atoms. The Bertz CT molecular complexity index is 1960. The van der Waals surface area contributed by atoms with Crippen LogP contribution in [0.2, 0.25) is 0 Å². The summed E-state index contributed by atoms with van der Waals surface area (Å²) in [7, 11) is 0. The first-order chi connectivity index (χ1) is 23.6. The molecule has 1 saturated heterocycles. The highest BCUT2D eigenvalue weighted by atomic mass is 19.4. The molecule has 1 fully saturated rings. The molecule has 254 valence electrons. The van der Waals surface area contributed by atoms with E-state index in [9.17, 15) is 22.8 Å². The molecule has 0 saturated carbocycles. The number of unbranched alkanes of at least 4 members (excludes halogenated alkanes) is 1. The van der Waals surface area contributed by atoms with Crippen molar-refractivity contribution in [2.24, 2.45) is 0 Å². The Labute approximate surface area is 279 Å². The summed E-state index contributed by atoms with van der Waals surface area (Å²) in [5.41, 5.74) is 14.5. The zero-order chi connectivity index (χ0) is 34.5. The molecule has 6 rings (SSSR count). The third kappa shape index (κ3) is 7.78. The van der Waals surface area contributed by atoms with Crippen LogP contribution in [0.3, 0.4) is 0 Å². The van der Waals surface area contributed by atoms with Crippen LogP contribution in [0.1, 0.15) is 54.1 Å². The van der Waals surface area contributed by atoms with Gasteiger partial charge in [0, 0.05) is 30.3 Å². The number of hydrogen-bond acceptors (Lipinski definition) is 9. The molecule has 3 aromatic heterocycles.